The maximum absolute atomic E-state index is 6.49. The van der Waals surface area contributed by atoms with Gasteiger partial charge in [-0.3, -0.25) is 0 Å². The standard InChI is InChI=1S/C17H24ClNO/c1-3-19-17(16-12-6-4-5-7-13(12)16)14-9-8-11(20-2)10-15(14)18/h8-10,12-13,16-17,19H,3-7H2,1-2H3. The summed E-state index contributed by atoms with van der Waals surface area (Å²) in [6.07, 6.45) is 5.63. The third-order valence-electron chi connectivity index (χ3n) is 5.07. The van der Waals surface area contributed by atoms with Crippen molar-refractivity contribution in [2.75, 3.05) is 13.7 Å². The first-order valence-electron chi connectivity index (χ1n) is 7.83. The van der Waals surface area contributed by atoms with E-state index in [2.05, 4.69) is 18.3 Å². The first-order valence-corrected chi connectivity index (χ1v) is 8.21. The topological polar surface area (TPSA) is 21.3 Å². The summed E-state index contributed by atoms with van der Waals surface area (Å²) in [5.41, 5.74) is 1.24. The van der Waals surface area contributed by atoms with E-state index in [0.717, 1.165) is 35.1 Å². The van der Waals surface area contributed by atoms with Gasteiger partial charge in [0.05, 0.1) is 7.11 Å². The molecule has 3 atom stereocenters. The molecule has 0 amide bonds. The van der Waals surface area contributed by atoms with Crippen molar-refractivity contribution in [3.05, 3.63) is 28.8 Å². The Morgan fingerprint density at radius 1 is 1.30 bits per heavy atom. The molecule has 2 aliphatic carbocycles. The summed E-state index contributed by atoms with van der Waals surface area (Å²) >= 11 is 6.49. The van der Waals surface area contributed by atoms with Crippen molar-refractivity contribution in [1.29, 1.82) is 0 Å². The average Bonchev–Trinajstić information content (AvgIpc) is 3.19. The van der Waals surface area contributed by atoms with Crippen LogP contribution in [0.5, 0.6) is 5.75 Å². The van der Waals surface area contributed by atoms with Crippen LogP contribution in [-0.2, 0) is 0 Å². The SMILES string of the molecule is CCNC(c1ccc(OC)cc1Cl)C1C2CCCCC21. The zero-order valence-electron chi connectivity index (χ0n) is 12.4. The lowest BCUT2D eigenvalue weighted by atomic mass is 9.99. The van der Waals surface area contributed by atoms with Gasteiger partial charge in [0.2, 0.25) is 0 Å². The summed E-state index contributed by atoms with van der Waals surface area (Å²) in [4.78, 5) is 0. The molecular formula is C17H24ClNO. The molecule has 110 valence electrons. The average molecular weight is 294 g/mol. The summed E-state index contributed by atoms with van der Waals surface area (Å²) in [6, 6.07) is 6.51. The van der Waals surface area contributed by atoms with Crippen LogP contribution >= 0.6 is 11.6 Å². The second-order valence-corrected chi connectivity index (χ2v) is 6.52. The monoisotopic (exact) mass is 293 g/mol. The Morgan fingerprint density at radius 3 is 2.55 bits per heavy atom. The van der Waals surface area contributed by atoms with E-state index in [1.807, 2.05) is 12.1 Å². The minimum absolute atomic E-state index is 0.409. The Morgan fingerprint density at radius 2 is 2.00 bits per heavy atom. The van der Waals surface area contributed by atoms with Crippen molar-refractivity contribution in [2.45, 2.75) is 38.6 Å². The van der Waals surface area contributed by atoms with Crippen molar-refractivity contribution in [3.8, 4) is 5.75 Å². The highest BCUT2D eigenvalue weighted by Crippen LogP contribution is 2.60. The number of hydrogen-bond acceptors (Lipinski definition) is 2. The predicted molar refractivity (Wildman–Crippen MR) is 83.4 cm³/mol. The number of benzene rings is 1. The van der Waals surface area contributed by atoms with Crippen molar-refractivity contribution < 1.29 is 4.74 Å². The van der Waals surface area contributed by atoms with Crippen LogP contribution in [-0.4, -0.2) is 13.7 Å². The molecule has 2 nitrogen and oxygen atoms in total. The highest BCUT2D eigenvalue weighted by atomic mass is 35.5. The summed E-state index contributed by atoms with van der Waals surface area (Å²) in [6.45, 7) is 3.17. The van der Waals surface area contributed by atoms with Gasteiger partial charge in [-0.25, -0.2) is 0 Å². The lowest BCUT2D eigenvalue weighted by Crippen LogP contribution is -2.24. The van der Waals surface area contributed by atoms with Gasteiger partial charge in [-0.15, -0.1) is 0 Å². The summed E-state index contributed by atoms with van der Waals surface area (Å²) in [7, 11) is 1.68. The zero-order valence-corrected chi connectivity index (χ0v) is 13.1. The van der Waals surface area contributed by atoms with Crippen LogP contribution in [0, 0.1) is 17.8 Å². The van der Waals surface area contributed by atoms with Crippen LogP contribution in [0.25, 0.3) is 0 Å². The maximum atomic E-state index is 6.49. The molecule has 0 aliphatic heterocycles. The van der Waals surface area contributed by atoms with Crippen molar-refractivity contribution in [1.82, 2.24) is 5.32 Å². The van der Waals surface area contributed by atoms with Crippen LogP contribution in [0.3, 0.4) is 0 Å². The first kappa shape index (κ1) is 14.2. The number of nitrogens with one attached hydrogen (secondary N) is 1. The first-order chi connectivity index (χ1) is 9.76. The molecule has 0 spiro atoms. The zero-order chi connectivity index (χ0) is 14.1. The van der Waals surface area contributed by atoms with E-state index in [1.165, 1.54) is 31.2 Å². The second kappa shape index (κ2) is 5.95. The number of ether oxygens (including phenoxy) is 1. The van der Waals surface area contributed by atoms with E-state index in [0.29, 0.717) is 6.04 Å². The number of halogens is 1. The van der Waals surface area contributed by atoms with E-state index >= 15 is 0 Å². The minimum atomic E-state index is 0.409. The molecule has 0 saturated heterocycles. The normalized spacial score (nSPS) is 29.6. The second-order valence-electron chi connectivity index (χ2n) is 6.11. The van der Waals surface area contributed by atoms with E-state index in [4.69, 9.17) is 16.3 Å². The molecule has 0 aromatic heterocycles. The maximum Gasteiger partial charge on any atom is 0.120 e. The van der Waals surface area contributed by atoms with Crippen LogP contribution in [0.4, 0.5) is 0 Å². The van der Waals surface area contributed by atoms with Crippen LogP contribution in [0.2, 0.25) is 5.02 Å². The lowest BCUT2D eigenvalue weighted by molar-refractivity contribution is 0.413. The molecule has 0 bridgehead atoms. The molecule has 2 fully saturated rings. The molecule has 1 aromatic carbocycles. The third-order valence-corrected chi connectivity index (χ3v) is 5.40. The van der Waals surface area contributed by atoms with Gasteiger partial charge >= 0.3 is 0 Å². The molecule has 3 heteroatoms. The van der Waals surface area contributed by atoms with Crippen LogP contribution in [0.1, 0.15) is 44.2 Å². The fourth-order valence-corrected chi connectivity index (χ4v) is 4.39. The molecule has 2 saturated carbocycles. The Labute approximate surface area is 126 Å². The van der Waals surface area contributed by atoms with Crippen LogP contribution in [0.15, 0.2) is 18.2 Å². The van der Waals surface area contributed by atoms with Gasteiger partial charge in [0.15, 0.2) is 0 Å². The van der Waals surface area contributed by atoms with E-state index in [-0.39, 0.29) is 0 Å². The van der Waals surface area contributed by atoms with Gasteiger partial charge in [0.25, 0.3) is 0 Å². The number of methoxy groups -OCH3 is 1. The highest BCUT2D eigenvalue weighted by Gasteiger charge is 2.54. The van der Waals surface area contributed by atoms with E-state index in [1.54, 1.807) is 7.11 Å². The van der Waals surface area contributed by atoms with Crippen molar-refractivity contribution in [2.24, 2.45) is 17.8 Å². The van der Waals surface area contributed by atoms with Gasteiger partial charge in [-0.1, -0.05) is 37.4 Å². The largest absolute Gasteiger partial charge is 0.497 e. The summed E-state index contributed by atoms with van der Waals surface area (Å²) in [5, 5.41) is 4.50. The van der Waals surface area contributed by atoms with Gasteiger partial charge < -0.3 is 10.1 Å². The van der Waals surface area contributed by atoms with Crippen molar-refractivity contribution in [3.63, 3.8) is 0 Å². The van der Waals surface area contributed by atoms with E-state index < -0.39 is 0 Å². The summed E-state index contributed by atoms with van der Waals surface area (Å²) < 4.78 is 5.26. The molecule has 0 radical (unpaired) electrons. The molecule has 20 heavy (non-hydrogen) atoms. The van der Waals surface area contributed by atoms with E-state index in [9.17, 15) is 0 Å². The van der Waals surface area contributed by atoms with Gasteiger partial charge in [-0.2, -0.15) is 0 Å². The number of hydrogen-bond donors (Lipinski definition) is 1. The molecule has 1 N–H and O–H groups in total. The molecule has 0 heterocycles. The van der Waals surface area contributed by atoms with Gasteiger partial charge in [0, 0.05) is 11.1 Å². The molecule has 3 rings (SSSR count). The molecule has 2 aliphatic rings. The third kappa shape index (κ3) is 2.56. The van der Waals surface area contributed by atoms with Crippen LogP contribution < -0.4 is 10.1 Å². The predicted octanol–water partition coefficient (Wildman–Crippen LogP) is 4.44. The Kier molecular flexibility index (Phi) is 4.23. The fourth-order valence-electron chi connectivity index (χ4n) is 4.10. The number of rotatable bonds is 5. The Hall–Kier alpha value is -0.730. The molecular weight excluding hydrogens is 270 g/mol. The van der Waals surface area contributed by atoms with Gasteiger partial charge in [0.1, 0.15) is 5.75 Å². The quantitative estimate of drug-likeness (QED) is 0.867. The molecule has 1 aromatic rings. The highest BCUT2D eigenvalue weighted by molar-refractivity contribution is 6.31. The number of fused-ring (bicyclic) bond motifs is 1. The van der Waals surface area contributed by atoms with Gasteiger partial charge in [-0.05, 0) is 54.8 Å². The Balaban J connectivity index is 1.83. The summed E-state index contributed by atoms with van der Waals surface area (Å²) in [5.74, 6) is 3.46. The fraction of sp³-hybridized carbons (Fsp3) is 0.647. The lowest BCUT2D eigenvalue weighted by Gasteiger charge is -2.20. The Bertz CT molecular complexity index is 464. The minimum Gasteiger partial charge on any atom is -0.497 e. The molecule has 3 unspecified atom stereocenters. The smallest absolute Gasteiger partial charge is 0.120 e. The van der Waals surface area contributed by atoms with Crippen molar-refractivity contribution >= 4 is 11.6 Å².